The molecule has 17 heavy (non-hydrogen) atoms. The van der Waals surface area contributed by atoms with Gasteiger partial charge in [-0.25, -0.2) is 9.97 Å². The van der Waals surface area contributed by atoms with Crippen LogP contribution in [-0.2, 0) is 0 Å². The third-order valence-electron chi connectivity index (χ3n) is 2.50. The molecule has 0 spiro atoms. The topological polar surface area (TPSA) is 54.9 Å². The Hall–Kier alpha value is -1.16. The quantitative estimate of drug-likeness (QED) is 0.626. The third kappa shape index (κ3) is 3.97. The van der Waals surface area contributed by atoms with Crippen molar-refractivity contribution in [3.05, 3.63) is 16.5 Å². The molecule has 0 amide bonds. The largest absolute Gasteiger partial charge is 0.367 e. The molecule has 1 heterocycles. The lowest BCUT2D eigenvalue weighted by Gasteiger charge is -2.16. The van der Waals surface area contributed by atoms with E-state index in [-0.39, 0.29) is 11.2 Å². The summed E-state index contributed by atoms with van der Waals surface area (Å²) in [5.41, 5.74) is 0.334. The second kappa shape index (κ2) is 6.55. The maximum atomic E-state index is 11.0. The summed E-state index contributed by atoms with van der Waals surface area (Å²) in [6.07, 6.45) is 4.02. The number of rotatable bonds is 6. The first-order chi connectivity index (χ1) is 8.08. The molecule has 0 aliphatic rings. The van der Waals surface area contributed by atoms with Crippen LogP contribution in [0.15, 0.2) is 0 Å². The molecule has 94 valence electrons. The minimum absolute atomic E-state index is 0.206. The molecule has 0 radical (unpaired) electrons. The van der Waals surface area contributed by atoms with Gasteiger partial charge in [-0.1, -0.05) is 31.4 Å². The molecule has 5 heteroatoms. The van der Waals surface area contributed by atoms with Gasteiger partial charge in [-0.3, -0.25) is 4.79 Å². The summed E-state index contributed by atoms with van der Waals surface area (Å²) >= 11 is 5.90. The van der Waals surface area contributed by atoms with Gasteiger partial charge < -0.3 is 5.32 Å². The molecule has 0 aliphatic carbocycles. The number of carbonyl (C=O) groups excluding carboxylic acids is 1. The van der Waals surface area contributed by atoms with Crippen LogP contribution in [0.2, 0.25) is 5.15 Å². The SMILES string of the molecule is CCCCC(C)Nc1nc(C)nc(Cl)c1C=O. The van der Waals surface area contributed by atoms with Gasteiger partial charge in [0.1, 0.15) is 16.8 Å². The van der Waals surface area contributed by atoms with Crippen LogP contribution in [0.1, 0.15) is 49.3 Å². The molecule has 0 aromatic carbocycles. The molecule has 1 rings (SSSR count). The molecule has 1 unspecified atom stereocenters. The van der Waals surface area contributed by atoms with E-state index < -0.39 is 0 Å². The van der Waals surface area contributed by atoms with Gasteiger partial charge in [0, 0.05) is 6.04 Å². The molecule has 1 aromatic rings. The van der Waals surface area contributed by atoms with Gasteiger partial charge in [0.25, 0.3) is 0 Å². The zero-order chi connectivity index (χ0) is 12.8. The smallest absolute Gasteiger partial charge is 0.156 e. The van der Waals surface area contributed by atoms with E-state index in [0.29, 0.717) is 23.5 Å². The molecule has 0 saturated carbocycles. The summed E-state index contributed by atoms with van der Waals surface area (Å²) in [6.45, 7) is 5.97. The monoisotopic (exact) mass is 255 g/mol. The number of hydrogen-bond acceptors (Lipinski definition) is 4. The van der Waals surface area contributed by atoms with E-state index in [4.69, 9.17) is 11.6 Å². The maximum absolute atomic E-state index is 11.0. The summed E-state index contributed by atoms with van der Waals surface area (Å²) < 4.78 is 0. The van der Waals surface area contributed by atoms with Crippen LogP contribution in [0.3, 0.4) is 0 Å². The number of hydrogen-bond donors (Lipinski definition) is 1. The van der Waals surface area contributed by atoms with Crippen molar-refractivity contribution in [1.82, 2.24) is 9.97 Å². The Kier molecular flexibility index (Phi) is 5.35. The summed E-state index contributed by atoms with van der Waals surface area (Å²) in [5.74, 6) is 1.09. The lowest BCUT2D eigenvalue weighted by atomic mass is 10.1. The Balaban J connectivity index is 2.85. The van der Waals surface area contributed by atoms with E-state index in [9.17, 15) is 4.79 Å². The Labute approximate surface area is 107 Å². The highest BCUT2D eigenvalue weighted by molar-refractivity contribution is 6.32. The number of anilines is 1. The van der Waals surface area contributed by atoms with Crippen molar-refractivity contribution in [1.29, 1.82) is 0 Å². The van der Waals surface area contributed by atoms with Crippen LogP contribution in [0.4, 0.5) is 5.82 Å². The van der Waals surface area contributed by atoms with Crippen molar-refractivity contribution in [3.63, 3.8) is 0 Å². The van der Waals surface area contributed by atoms with E-state index in [1.165, 1.54) is 0 Å². The first-order valence-corrected chi connectivity index (χ1v) is 6.22. The molecule has 1 aromatic heterocycles. The lowest BCUT2D eigenvalue weighted by molar-refractivity contribution is 0.112. The number of nitrogens with one attached hydrogen (secondary N) is 1. The highest BCUT2D eigenvalue weighted by Crippen LogP contribution is 2.20. The third-order valence-corrected chi connectivity index (χ3v) is 2.79. The lowest BCUT2D eigenvalue weighted by Crippen LogP contribution is -2.18. The number of unbranched alkanes of at least 4 members (excludes halogenated alkanes) is 1. The van der Waals surface area contributed by atoms with Gasteiger partial charge in [0.15, 0.2) is 6.29 Å². The van der Waals surface area contributed by atoms with Crippen LogP contribution in [0.5, 0.6) is 0 Å². The molecule has 0 aliphatic heterocycles. The highest BCUT2D eigenvalue weighted by atomic mass is 35.5. The van der Waals surface area contributed by atoms with Crippen molar-refractivity contribution in [2.75, 3.05) is 5.32 Å². The van der Waals surface area contributed by atoms with Crippen LogP contribution >= 0.6 is 11.6 Å². The number of nitrogens with zero attached hydrogens (tertiary/aromatic N) is 2. The summed E-state index contributed by atoms with van der Waals surface area (Å²) in [7, 11) is 0. The molecular formula is C12H18ClN3O. The molecule has 1 atom stereocenters. The minimum atomic E-state index is 0.206. The van der Waals surface area contributed by atoms with E-state index in [1.54, 1.807) is 6.92 Å². The molecular weight excluding hydrogens is 238 g/mol. The number of aldehydes is 1. The molecule has 1 N–H and O–H groups in total. The average Bonchev–Trinajstić information content (AvgIpc) is 2.25. The molecule has 4 nitrogen and oxygen atoms in total. The van der Waals surface area contributed by atoms with Crippen molar-refractivity contribution in [2.24, 2.45) is 0 Å². The van der Waals surface area contributed by atoms with Crippen LogP contribution in [0.25, 0.3) is 0 Å². The predicted molar refractivity (Wildman–Crippen MR) is 69.8 cm³/mol. The van der Waals surface area contributed by atoms with Gasteiger partial charge in [0.2, 0.25) is 0 Å². The fourth-order valence-electron chi connectivity index (χ4n) is 1.58. The fraction of sp³-hybridized carbons (Fsp3) is 0.583. The summed E-state index contributed by atoms with van der Waals surface area (Å²) in [5, 5.41) is 3.42. The van der Waals surface area contributed by atoms with Crippen molar-refractivity contribution < 1.29 is 4.79 Å². The Bertz CT molecular complexity index is 396. The van der Waals surface area contributed by atoms with E-state index in [1.807, 2.05) is 0 Å². The normalized spacial score (nSPS) is 12.2. The van der Waals surface area contributed by atoms with E-state index in [0.717, 1.165) is 19.3 Å². The van der Waals surface area contributed by atoms with E-state index >= 15 is 0 Å². The zero-order valence-electron chi connectivity index (χ0n) is 10.5. The van der Waals surface area contributed by atoms with Crippen LogP contribution < -0.4 is 5.32 Å². The number of aryl methyl sites for hydroxylation is 1. The van der Waals surface area contributed by atoms with Crippen molar-refractivity contribution in [2.45, 2.75) is 46.1 Å². The highest BCUT2D eigenvalue weighted by Gasteiger charge is 2.12. The minimum Gasteiger partial charge on any atom is -0.367 e. The molecule has 0 bridgehead atoms. The van der Waals surface area contributed by atoms with Gasteiger partial charge in [0.05, 0.1) is 5.56 Å². The van der Waals surface area contributed by atoms with Gasteiger partial charge in [-0.05, 0) is 20.3 Å². The maximum Gasteiger partial charge on any atom is 0.156 e. The number of aromatic nitrogens is 2. The van der Waals surface area contributed by atoms with Gasteiger partial charge >= 0.3 is 0 Å². The standard InChI is InChI=1S/C12H18ClN3O/c1-4-5-6-8(2)14-12-10(7-17)11(13)15-9(3)16-12/h7-8H,4-6H2,1-3H3,(H,14,15,16). The second-order valence-corrected chi connectivity index (χ2v) is 4.49. The van der Waals surface area contributed by atoms with Crippen molar-refractivity contribution >= 4 is 23.7 Å². The number of halogens is 1. The van der Waals surface area contributed by atoms with Gasteiger partial charge in [-0.2, -0.15) is 0 Å². The average molecular weight is 256 g/mol. The Morgan fingerprint density at radius 2 is 2.18 bits per heavy atom. The van der Waals surface area contributed by atoms with E-state index in [2.05, 4.69) is 29.1 Å². The Morgan fingerprint density at radius 1 is 1.47 bits per heavy atom. The first-order valence-electron chi connectivity index (χ1n) is 5.84. The van der Waals surface area contributed by atoms with Crippen LogP contribution in [0, 0.1) is 6.92 Å². The molecule has 0 saturated heterocycles. The van der Waals surface area contributed by atoms with Crippen molar-refractivity contribution in [3.8, 4) is 0 Å². The first kappa shape index (κ1) is 13.9. The Morgan fingerprint density at radius 3 is 2.76 bits per heavy atom. The van der Waals surface area contributed by atoms with Crippen LogP contribution in [-0.4, -0.2) is 22.3 Å². The second-order valence-electron chi connectivity index (χ2n) is 4.13. The molecule has 0 fully saturated rings. The number of carbonyl (C=O) groups is 1. The zero-order valence-corrected chi connectivity index (χ0v) is 11.2. The summed E-state index contributed by atoms with van der Waals surface area (Å²) in [4.78, 5) is 19.1. The fourth-order valence-corrected chi connectivity index (χ4v) is 1.83. The summed E-state index contributed by atoms with van der Waals surface area (Å²) in [6, 6.07) is 0.263. The predicted octanol–water partition coefficient (Wildman–Crippen LogP) is 3.24. The van der Waals surface area contributed by atoms with Gasteiger partial charge in [-0.15, -0.1) is 0 Å².